The van der Waals surface area contributed by atoms with E-state index in [1.165, 1.54) is 16.9 Å². The number of amides is 1. The highest BCUT2D eigenvalue weighted by Gasteiger charge is 2.17. The van der Waals surface area contributed by atoms with Crippen molar-refractivity contribution in [3.8, 4) is 0 Å². The molecule has 1 N–H and O–H groups in total. The van der Waals surface area contributed by atoms with Gasteiger partial charge in [0.2, 0.25) is 5.01 Å². The van der Waals surface area contributed by atoms with Crippen molar-refractivity contribution in [2.45, 2.75) is 19.6 Å². The van der Waals surface area contributed by atoms with Crippen molar-refractivity contribution in [1.82, 2.24) is 15.1 Å². The van der Waals surface area contributed by atoms with Crippen LogP contribution in [-0.4, -0.2) is 21.0 Å². The number of carbonyl (C=O) groups is 1. The van der Waals surface area contributed by atoms with E-state index in [-0.39, 0.29) is 5.91 Å². The fourth-order valence-electron chi connectivity index (χ4n) is 2.95. The zero-order chi connectivity index (χ0) is 20.8. The smallest absolute Gasteiger partial charge is 0.286 e. The Morgan fingerprint density at radius 2 is 1.77 bits per heavy atom. The fourth-order valence-corrected chi connectivity index (χ4v) is 3.85. The van der Waals surface area contributed by atoms with E-state index < -0.39 is 0 Å². The Kier molecular flexibility index (Phi) is 6.53. The predicted octanol–water partition coefficient (Wildman–Crippen LogP) is 5.24. The zero-order valence-electron chi connectivity index (χ0n) is 16.0. The summed E-state index contributed by atoms with van der Waals surface area (Å²) in [7, 11) is 0. The van der Waals surface area contributed by atoms with Crippen LogP contribution >= 0.6 is 22.9 Å². The van der Waals surface area contributed by atoms with Crippen molar-refractivity contribution in [2.75, 3.05) is 5.32 Å². The van der Waals surface area contributed by atoms with Crippen LogP contribution in [0.4, 0.5) is 5.69 Å². The lowest BCUT2D eigenvalue weighted by atomic mass is 10.2. The molecule has 152 valence electrons. The molecular formula is C22H19ClN4O2S. The molecule has 6 nitrogen and oxygen atoms in total. The van der Waals surface area contributed by atoms with E-state index in [0.717, 1.165) is 17.3 Å². The lowest BCUT2D eigenvalue weighted by Gasteiger charge is -2.19. The van der Waals surface area contributed by atoms with Crippen molar-refractivity contribution < 1.29 is 9.21 Å². The van der Waals surface area contributed by atoms with Gasteiger partial charge in [-0.15, -0.1) is 10.2 Å². The summed E-state index contributed by atoms with van der Waals surface area (Å²) >= 11 is 7.16. The van der Waals surface area contributed by atoms with Crippen LogP contribution in [0.15, 0.2) is 77.4 Å². The Morgan fingerprint density at radius 3 is 2.50 bits per heavy atom. The Hall–Kier alpha value is -3.00. The largest absolute Gasteiger partial charge is 0.468 e. The van der Waals surface area contributed by atoms with Gasteiger partial charge in [0.05, 0.1) is 19.4 Å². The normalized spacial score (nSPS) is 11.0. The lowest BCUT2D eigenvalue weighted by molar-refractivity contribution is 0.102. The van der Waals surface area contributed by atoms with E-state index in [4.69, 9.17) is 16.0 Å². The molecule has 0 unspecified atom stereocenters. The molecule has 30 heavy (non-hydrogen) atoms. The lowest BCUT2D eigenvalue weighted by Crippen LogP contribution is -2.22. The number of hydrogen-bond acceptors (Lipinski definition) is 6. The first-order chi connectivity index (χ1) is 14.7. The van der Waals surface area contributed by atoms with Crippen LogP contribution < -0.4 is 5.32 Å². The number of benzene rings is 2. The molecule has 2 aromatic carbocycles. The molecule has 2 aromatic heterocycles. The molecule has 2 heterocycles. The van der Waals surface area contributed by atoms with Crippen LogP contribution in [0.3, 0.4) is 0 Å². The standard InChI is InChI=1S/C22H19ClN4O2S/c23-17-8-10-18(11-9-17)24-21(28)22-26-25-20(30-22)15-27(14-19-7-4-12-29-19)13-16-5-2-1-3-6-16/h1-12H,13-15H2,(H,24,28). The molecule has 0 aliphatic rings. The quantitative estimate of drug-likeness (QED) is 0.407. The molecule has 0 aliphatic carbocycles. The maximum absolute atomic E-state index is 12.5. The third kappa shape index (κ3) is 5.54. The first-order valence-corrected chi connectivity index (χ1v) is 10.5. The van der Waals surface area contributed by atoms with Gasteiger partial charge in [0, 0.05) is 17.3 Å². The number of rotatable bonds is 8. The molecule has 1 amide bonds. The van der Waals surface area contributed by atoms with Gasteiger partial charge in [-0.25, -0.2) is 0 Å². The molecule has 0 radical (unpaired) electrons. The highest BCUT2D eigenvalue weighted by Crippen LogP contribution is 2.19. The summed E-state index contributed by atoms with van der Waals surface area (Å²) in [5.74, 6) is 0.581. The number of anilines is 1. The molecule has 4 rings (SSSR count). The third-order valence-electron chi connectivity index (χ3n) is 4.33. The van der Waals surface area contributed by atoms with E-state index in [1.807, 2.05) is 30.3 Å². The van der Waals surface area contributed by atoms with Gasteiger partial charge in [0.25, 0.3) is 5.91 Å². The molecule has 0 aliphatic heterocycles. The Balaban J connectivity index is 1.44. The zero-order valence-corrected chi connectivity index (χ0v) is 17.6. The molecule has 0 bridgehead atoms. The molecule has 8 heteroatoms. The molecule has 0 atom stereocenters. The van der Waals surface area contributed by atoms with Gasteiger partial charge in [0.15, 0.2) is 0 Å². The van der Waals surface area contributed by atoms with E-state index in [2.05, 4.69) is 32.5 Å². The maximum Gasteiger partial charge on any atom is 0.286 e. The van der Waals surface area contributed by atoms with E-state index in [0.29, 0.717) is 28.8 Å². The van der Waals surface area contributed by atoms with Gasteiger partial charge in [-0.1, -0.05) is 53.3 Å². The highest BCUT2D eigenvalue weighted by atomic mass is 35.5. The van der Waals surface area contributed by atoms with Crippen LogP contribution in [0.25, 0.3) is 0 Å². The van der Waals surface area contributed by atoms with Crippen molar-refractivity contribution in [2.24, 2.45) is 0 Å². The number of nitrogens with one attached hydrogen (secondary N) is 1. The van der Waals surface area contributed by atoms with E-state index >= 15 is 0 Å². The second-order valence-electron chi connectivity index (χ2n) is 6.67. The van der Waals surface area contributed by atoms with Crippen LogP contribution in [0.1, 0.15) is 26.1 Å². The first-order valence-electron chi connectivity index (χ1n) is 9.34. The third-order valence-corrected chi connectivity index (χ3v) is 5.49. The Morgan fingerprint density at radius 1 is 0.967 bits per heavy atom. The second-order valence-corrected chi connectivity index (χ2v) is 8.17. The molecular weight excluding hydrogens is 420 g/mol. The van der Waals surface area contributed by atoms with Crippen molar-refractivity contribution in [3.05, 3.63) is 99.4 Å². The SMILES string of the molecule is O=C(Nc1ccc(Cl)cc1)c1nnc(CN(Cc2ccccc2)Cc2ccco2)s1. The number of hydrogen-bond donors (Lipinski definition) is 1. The summed E-state index contributed by atoms with van der Waals surface area (Å²) in [5.41, 5.74) is 1.85. The fraction of sp³-hybridized carbons (Fsp3) is 0.136. The second kappa shape index (κ2) is 9.67. The van der Waals surface area contributed by atoms with E-state index in [1.54, 1.807) is 30.5 Å². The monoisotopic (exact) mass is 438 g/mol. The first kappa shape index (κ1) is 20.3. The average molecular weight is 439 g/mol. The summed E-state index contributed by atoms with van der Waals surface area (Å²) < 4.78 is 5.51. The van der Waals surface area contributed by atoms with Gasteiger partial charge in [-0.2, -0.15) is 0 Å². The maximum atomic E-state index is 12.5. The number of nitrogens with zero attached hydrogens (tertiary/aromatic N) is 3. The van der Waals surface area contributed by atoms with Gasteiger partial charge in [-0.05, 0) is 42.0 Å². The summed E-state index contributed by atoms with van der Waals surface area (Å²) in [6, 6.07) is 21.0. The van der Waals surface area contributed by atoms with Gasteiger partial charge in [-0.3, -0.25) is 9.69 Å². The number of halogens is 1. The number of furan rings is 1. The van der Waals surface area contributed by atoms with Crippen LogP contribution in [0.2, 0.25) is 5.02 Å². The summed E-state index contributed by atoms with van der Waals surface area (Å²) in [6.07, 6.45) is 1.67. The minimum atomic E-state index is -0.290. The van der Waals surface area contributed by atoms with Crippen molar-refractivity contribution >= 4 is 34.5 Å². The highest BCUT2D eigenvalue weighted by molar-refractivity contribution is 7.13. The van der Waals surface area contributed by atoms with Gasteiger partial charge in [0.1, 0.15) is 10.8 Å². The molecule has 4 aromatic rings. The Labute approximate surface area is 183 Å². The molecule has 0 spiro atoms. The van der Waals surface area contributed by atoms with Gasteiger partial charge >= 0.3 is 0 Å². The summed E-state index contributed by atoms with van der Waals surface area (Å²) in [6.45, 7) is 1.92. The van der Waals surface area contributed by atoms with Crippen molar-refractivity contribution in [3.63, 3.8) is 0 Å². The molecule has 0 saturated heterocycles. The molecule has 0 saturated carbocycles. The van der Waals surface area contributed by atoms with E-state index in [9.17, 15) is 4.79 Å². The summed E-state index contributed by atoms with van der Waals surface area (Å²) in [4.78, 5) is 14.7. The van der Waals surface area contributed by atoms with Crippen molar-refractivity contribution in [1.29, 1.82) is 0 Å². The number of aromatic nitrogens is 2. The van der Waals surface area contributed by atoms with Crippen LogP contribution in [-0.2, 0) is 19.6 Å². The van der Waals surface area contributed by atoms with Crippen LogP contribution in [0, 0.1) is 0 Å². The topological polar surface area (TPSA) is 71.3 Å². The van der Waals surface area contributed by atoms with Crippen LogP contribution in [0.5, 0.6) is 0 Å². The summed E-state index contributed by atoms with van der Waals surface area (Å²) in [5, 5.41) is 12.8. The Bertz CT molecular complexity index is 1080. The minimum absolute atomic E-state index is 0.290. The average Bonchev–Trinajstić information content (AvgIpc) is 3.43. The predicted molar refractivity (Wildman–Crippen MR) is 117 cm³/mol. The minimum Gasteiger partial charge on any atom is -0.468 e. The number of carbonyl (C=O) groups excluding carboxylic acids is 1. The van der Waals surface area contributed by atoms with Gasteiger partial charge < -0.3 is 9.73 Å². The molecule has 0 fully saturated rings.